The van der Waals surface area contributed by atoms with Crippen LogP contribution in [0, 0.1) is 5.92 Å². The van der Waals surface area contributed by atoms with Gasteiger partial charge in [-0.1, -0.05) is 46.0 Å². The lowest BCUT2D eigenvalue weighted by Gasteiger charge is -2.21. The number of rotatable bonds is 4. The van der Waals surface area contributed by atoms with E-state index in [4.69, 9.17) is 5.73 Å². The minimum Gasteiger partial charge on any atom is -0.322 e. The maximum absolute atomic E-state index is 10.3. The molecule has 0 bridgehead atoms. The van der Waals surface area contributed by atoms with Crippen LogP contribution in [0.15, 0.2) is 0 Å². The predicted octanol–water partition coefficient (Wildman–Crippen LogP) is 3.15. The van der Waals surface area contributed by atoms with Gasteiger partial charge in [0.05, 0.1) is 6.04 Å². The molecule has 0 heterocycles. The van der Waals surface area contributed by atoms with Crippen molar-refractivity contribution in [3.05, 3.63) is 0 Å². The Kier molecular flexibility index (Phi) is 8.95. The second-order valence-electron chi connectivity index (χ2n) is 3.88. The van der Waals surface area contributed by atoms with Crippen molar-refractivity contribution in [1.29, 1.82) is 0 Å². The third-order valence-electron chi connectivity index (χ3n) is 2.81. The Morgan fingerprint density at radius 2 is 1.93 bits per heavy atom. The third-order valence-corrected chi connectivity index (χ3v) is 2.81. The van der Waals surface area contributed by atoms with Crippen LogP contribution in [0.1, 0.15) is 60.2 Å². The molecule has 0 spiro atoms. The summed E-state index contributed by atoms with van der Waals surface area (Å²) in [6, 6.07) is -0.216. The molecule has 2 heteroatoms. The highest BCUT2D eigenvalue weighted by Gasteiger charge is 2.13. The average molecular weight is 201 g/mol. The number of carbonyl (C=O) groups is 1. The number of carbonyl (C=O) groups excluding carboxylic acids is 1. The lowest BCUT2D eigenvalue weighted by Crippen LogP contribution is -2.22. The molecule has 0 unspecified atom stereocenters. The van der Waals surface area contributed by atoms with E-state index in [9.17, 15) is 4.79 Å². The van der Waals surface area contributed by atoms with Crippen molar-refractivity contribution >= 4 is 6.29 Å². The van der Waals surface area contributed by atoms with E-state index in [2.05, 4.69) is 0 Å². The van der Waals surface area contributed by atoms with Gasteiger partial charge in [0.2, 0.25) is 0 Å². The standard InChI is InChI=1S/C10H19NO.C2H6.H2/c11-10(8-12)7-6-9-4-2-1-3-5-9;1-2;/h8-10H,1-7,11H2;1-2H3;1H/t10-;;/m0../s1. The van der Waals surface area contributed by atoms with Crippen molar-refractivity contribution in [2.45, 2.75) is 64.8 Å². The molecular weight excluding hydrogens is 174 g/mol. The Morgan fingerprint density at radius 3 is 2.43 bits per heavy atom. The summed E-state index contributed by atoms with van der Waals surface area (Å²) in [5.41, 5.74) is 5.52. The summed E-state index contributed by atoms with van der Waals surface area (Å²) in [5, 5.41) is 0. The maximum Gasteiger partial charge on any atom is 0.136 e. The van der Waals surface area contributed by atoms with Gasteiger partial charge in [-0.15, -0.1) is 0 Å². The molecule has 1 aliphatic rings. The summed E-state index contributed by atoms with van der Waals surface area (Å²) in [6.45, 7) is 4.00. The molecule has 86 valence electrons. The third kappa shape index (κ3) is 6.14. The molecule has 1 saturated carbocycles. The molecule has 14 heavy (non-hydrogen) atoms. The van der Waals surface area contributed by atoms with Gasteiger partial charge in [-0.05, 0) is 18.8 Å². The molecule has 0 aromatic heterocycles. The van der Waals surface area contributed by atoms with Crippen LogP contribution >= 0.6 is 0 Å². The second-order valence-corrected chi connectivity index (χ2v) is 3.88. The first kappa shape index (κ1) is 13.6. The van der Waals surface area contributed by atoms with Crippen molar-refractivity contribution in [2.75, 3.05) is 0 Å². The van der Waals surface area contributed by atoms with Crippen molar-refractivity contribution < 1.29 is 6.22 Å². The first-order valence-corrected chi connectivity index (χ1v) is 6.04. The molecule has 1 atom stereocenters. The van der Waals surface area contributed by atoms with E-state index >= 15 is 0 Å². The van der Waals surface area contributed by atoms with Gasteiger partial charge >= 0.3 is 0 Å². The van der Waals surface area contributed by atoms with E-state index in [1.54, 1.807) is 0 Å². The molecule has 0 aliphatic heterocycles. The number of hydrogen-bond acceptors (Lipinski definition) is 2. The van der Waals surface area contributed by atoms with Gasteiger partial charge < -0.3 is 10.5 Å². The van der Waals surface area contributed by atoms with Gasteiger partial charge in [0.1, 0.15) is 6.29 Å². The lowest BCUT2D eigenvalue weighted by molar-refractivity contribution is -0.109. The Labute approximate surface area is 89.7 Å². The maximum atomic E-state index is 10.3. The molecule has 1 fully saturated rings. The minimum absolute atomic E-state index is 0. The molecule has 0 aromatic rings. The van der Waals surface area contributed by atoms with E-state index in [0.29, 0.717) is 0 Å². The quantitative estimate of drug-likeness (QED) is 0.710. The molecule has 2 nitrogen and oxygen atoms in total. The van der Waals surface area contributed by atoms with Crippen LogP contribution in [-0.4, -0.2) is 12.3 Å². The van der Waals surface area contributed by atoms with Gasteiger partial charge in [-0.3, -0.25) is 0 Å². The first-order chi connectivity index (χ1) is 6.83. The molecule has 0 aromatic carbocycles. The molecular formula is C12H27NO. The van der Waals surface area contributed by atoms with Crippen LogP contribution < -0.4 is 5.73 Å². The van der Waals surface area contributed by atoms with Gasteiger partial charge in [0.25, 0.3) is 0 Å². The lowest BCUT2D eigenvalue weighted by atomic mass is 9.85. The summed E-state index contributed by atoms with van der Waals surface area (Å²) < 4.78 is 0. The molecule has 2 N–H and O–H groups in total. The van der Waals surface area contributed by atoms with Gasteiger partial charge in [0.15, 0.2) is 0 Å². The van der Waals surface area contributed by atoms with Gasteiger partial charge in [-0.25, -0.2) is 0 Å². The SMILES string of the molecule is CC.N[C@H](C=O)CCC1CCCCC1.[HH]. The normalized spacial score (nSPS) is 19.4. The van der Waals surface area contributed by atoms with Crippen molar-refractivity contribution in [3.8, 4) is 0 Å². The largest absolute Gasteiger partial charge is 0.322 e. The molecule has 0 radical (unpaired) electrons. The van der Waals surface area contributed by atoms with Crippen LogP contribution in [0.5, 0.6) is 0 Å². The fraction of sp³-hybridized carbons (Fsp3) is 0.917. The fourth-order valence-electron chi connectivity index (χ4n) is 1.97. The van der Waals surface area contributed by atoms with E-state index in [-0.39, 0.29) is 7.47 Å². The highest BCUT2D eigenvalue weighted by atomic mass is 16.1. The van der Waals surface area contributed by atoms with E-state index in [1.807, 2.05) is 13.8 Å². The monoisotopic (exact) mass is 201 g/mol. The first-order valence-electron chi connectivity index (χ1n) is 6.04. The smallest absolute Gasteiger partial charge is 0.136 e. The zero-order chi connectivity index (χ0) is 10.8. The van der Waals surface area contributed by atoms with E-state index < -0.39 is 0 Å². The van der Waals surface area contributed by atoms with E-state index in [1.165, 1.54) is 32.1 Å². The molecule has 0 amide bonds. The zero-order valence-electron chi connectivity index (χ0n) is 9.67. The Hall–Kier alpha value is -0.370. The van der Waals surface area contributed by atoms with Crippen LogP contribution in [0.4, 0.5) is 0 Å². The van der Waals surface area contributed by atoms with Crippen LogP contribution in [0.25, 0.3) is 0 Å². The minimum atomic E-state index is -0.216. The summed E-state index contributed by atoms with van der Waals surface area (Å²) >= 11 is 0. The predicted molar refractivity (Wildman–Crippen MR) is 63.3 cm³/mol. The van der Waals surface area contributed by atoms with Crippen molar-refractivity contribution in [1.82, 2.24) is 0 Å². The summed E-state index contributed by atoms with van der Waals surface area (Å²) in [4.78, 5) is 10.3. The number of hydrogen-bond donors (Lipinski definition) is 1. The highest BCUT2D eigenvalue weighted by Crippen LogP contribution is 2.27. The topological polar surface area (TPSA) is 43.1 Å². The van der Waals surface area contributed by atoms with Gasteiger partial charge in [0, 0.05) is 1.43 Å². The summed E-state index contributed by atoms with van der Waals surface area (Å²) in [7, 11) is 0. The highest BCUT2D eigenvalue weighted by molar-refractivity contribution is 5.56. The van der Waals surface area contributed by atoms with Crippen LogP contribution in [0.2, 0.25) is 0 Å². The molecule has 1 aliphatic carbocycles. The van der Waals surface area contributed by atoms with Crippen molar-refractivity contribution in [3.63, 3.8) is 0 Å². The molecule has 1 rings (SSSR count). The number of aldehydes is 1. The Balaban J connectivity index is 0. The number of nitrogens with two attached hydrogens (primary N) is 1. The van der Waals surface area contributed by atoms with Crippen molar-refractivity contribution in [2.24, 2.45) is 11.7 Å². The molecule has 0 saturated heterocycles. The van der Waals surface area contributed by atoms with Crippen LogP contribution in [0.3, 0.4) is 0 Å². The fourth-order valence-corrected chi connectivity index (χ4v) is 1.97. The van der Waals surface area contributed by atoms with Gasteiger partial charge in [-0.2, -0.15) is 0 Å². The Morgan fingerprint density at radius 1 is 1.36 bits per heavy atom. The summed E-state index contributed by atoms with van der Waals surface area (Å²) in [5.74, 6) is 0.852. The zero-order valence-corrected chi connectivity index (χ0v) is 9.67. The second kappa shape index (κ2) is 9.20. The van der Waals surface area contributed by atoms with E-state index in [0.717, 1.165) is 25.0 Å². The van der Waals surface area contributed by atoms with Crippen LogP contribution in [-0.2, 0) is 4.79 Å². The Bertz CT molecular complexity index is 136. The summed E-state index contributed by atoms with van der Waals surface area (Å²) in [6.07, 6.45) is 9.76. The average Bonchev–Trinajstić information content (AvgIpc) is 2.30.